The smallest absolute Gasteiger partial charge is 0.311 e. The number of piperidine rings is 1. The minimum absolute atomic E-state index is 0.382. The van der Waals surface area contributed by atoms with Crippen molar-refractivity contribution in [2.45, 2.75) is 75.0 Å². The number of rotatable bonds is 5. The van der Waals surface area contributed by atoms with Crippen LogP contribution in [-0.4, -0.2) is 42.8 Å². The van der Waals surface area contributed by atoms with Gasteiger partial charge in [0.1, 0.15) is 0 Å². The van der Waals surface area contributed by atoms with Crippen LogP contribution in [0.3, 0.4) is 0 Å². The lowest BCUT2D eigenvalue weighted by molar-refractivity contribution is -0.148. The van der Waals surface area contributed by atoms with Crippen LogP contribution in [0.1, 0.15) is 67.2 Å². The van der Waals surface area contributed by atoms with Gasteiger partial charge >= 0.3 is 6.18 Å². The lowest BCUT2D eigenvalue weighted by Crippen LogP contribution is -2.46. The molecule has 140 valence electrons. The summed E-state index contributed by atoms with van der Waals surface area (Å²) in [6.07, 6.45) is 4.22. The molecule has 0 radical (unpaired) electrons. The van der Waals surface area contributed by atoms with Crippen LogP contribution >= 0.6 is 11.3 Å². The Balaban J connectivity index is 1.22. The van der Waals surface area contributed by atoms with Gasteiger partial charge in [0, 0.05) is 22.9 Å². The highest BCUT2D eigenvalue weighted by atomic mass is 32.1. The van der Waals surface area contributed by atoms with Gasteiger partial charge < -0.3 is 5.32 Å². The Labute approximate surface area is 151 Å². The highest BCUT2D eigenvalue weighted by Gasteiger charge is 2.41. The Bertz CT molecular complexity index is 571. The molecule has 3 fully saturated rings. The topological polar surface area (TPSA) is 15.3 Å². The van der Waals surface area contributed by atoms with Gasteiger partial charge in [0.15, 0.2) is 0 Å². The molecule has 0 spiro atoms. The third kappa shape index (κ3) is 4.58. The Morgan fingerprint density at radius 2 is 1.84 bits per heavy atom. The molecule has 2 saturated carbocycles. The number of halogens is 3. The highest BCUT2D eigenvalue weighted by Crippen LogP contribution is 2.45. The monoisotopic (exact) mass is 372 g/mol. The molecule has 2 atom stereocenters. The van der Waals surface area contributed by atoms with Gasteiger partial charge in [0.05, 0.1) is 6.54 Å². The van der Waals surface area contributed by atoms with Gasteiger partial charge in [-0.1, -0.05) is 12.8 Å². The molecule has 2 heterocycles. The summed E-state index contributed by atoms with van der Waals surface area (Å²) >= 11 is 1.93. The van der Waals surface area contributed by atoms with Crippen molar-refractivity contribution in [3.05, 3.63) is 21.9 Å². The average Bonchev–Trinajstić information content (AvgIpc) is 2.98. The minimum Gasteiger partial charge on any atom is -0.311 e. The van der Waals surface area contributed by atoms with E-state index < -0.39 is 12.7 Å². The minimum atomic E-state index is -4.07. The molecule has 1 saturated heterocycles. The zero-order valence-electron chi connectivity index (χ0n) is 14.5. The molecule has 0 amide bonds. The lowest BCUT2D eigenvalue weighted by atomic mass is 10.0. The molecule has 1 N–H and O–H groups in total. The van der Waals surface area contributed by atoms with Crippen molar-refractivity contribution in [1.29, 1.82) is 0 Å². The Hall–Kier alpha value is -0.590. The van der Waals surface area contributed by atoms with Crippen molar-refractivity contribution in [3.63, 3.8) is 0 Å². The molecule has 1 aromatic rings. The first-order chi connectivity index (χ1) is 12.0. The second-order valence-electron chi connectivity index (χ2n) is 8.04. The van der Waals surface area contributed by atoms with Crippen LogP contribution < -0.4 is 5.32 Å². The fourth-order valence-corrected chi connectivity index (χ4v) is 5.70. The quantitative estimate of drug-likeness (QED) is 0.793. The molecule has 1 aliphatic heterocycles. The number of likely N-dealkylation sites (tertiary alicyclic amines) is 1. The van der Waals surface area contributed by atoms with Crippen molar-refractivity contribution in [3.8, 4) is 0 Å². The number of nitrogens with one attached hydrogen (secondary N) is 1. The van der Waals surface area contributed by atoms with Crippen molar-refractivity contribution in [2.24, 2.45) is 0 Å². The number of hydrogen-bond donors (Lipinski definition) is 1. The number of alkyl halides is 3. The van der Waals surface area contributed by atoms with Crippen molar-refractivity contribution >= 4 is 11.3 Å². The highest BCUT2D eigenvalue weighted by molar-refractivity contribution is 7.10. The summed E-state index contributed by atoms with van der Waals surface area (Å²) in [5, 5.41) is 6.04. The van der Waals surface area contributed by atoms with Gasteiger partial charge in [0.2, 0.25) is 0 Å². The first kappa shape index (κ1) is 17.8. The van der Waals surface area contributed by atoms with Crippen LogP contribution in [0.15, 0.2) is 11.4 Å². The third-order valence-electron chi connectivity index (χ3n) is 6.06. The lowest BCUT2D eigenvalue weighted by Gasteiger charge is -2.33. The van der Waals surface area contributed by atoms with E-state index in [2.05, 4.69) is 16.8 Å². The Morgan fingerprint density at radius 1 is 1.12 bits per heavy atom. The van der Waals surface area contributed by atoms with Crippen LogP contribution in [0.4, 0.5) is 13.2 Å². The molecule has 25 heavy (non-hydrogen) atoms. The molecule has 2 nitrogen and oxygen atoms in total. The second-order valence-corrected chi connectivity index (χ2v) is 8.99. The predicted octanol–water partition coefficient (Wildman–Crippen LogP) is 4.88. The van der Waals surface area contributed by atoms with E-state index in [1.165, 1.54) is 42.6 Å². The molecule has 6 heteroatoms. The van der Waals surface area contributed by atoms with Crippen molar-refractivity contribution in [1.82, 2.24) is 10.2 Å². The van der Waals surface area contributed by atoms with E-state index in [0.29, 0.717) is 31.1 Å². The molecular formula is C19H27F3N2S. The van der Waals surface area contributed by atoms with Crippen LogP contribution in [0.25, 0.3) is 0 Å². The van der Waals surface area contributed by atoms with Gasteiger partial charge in [-0.3, -0.25) is 4.90 Å². The van der Waals surface area contributed by atoms with Crippen LogP contribution in [0.5, 0.6) is 0 Å². The fourth-order valence-electron chi connectivity index (χ4n) is 4.55. The first-order valence-corrected chi connectivity index (χ1v) is 10.5. The summed E-state index contributed by atoms with van der Waals surface area (Å²) in [6.45, 7) is 0.350. The molecular weight excluding hydrogens is 345 g/mol. The Kier molecular flexibility index (Phi) is 5.13. The molecule has 2 unspecified atom stereocenters. The maximum atomic E-state index is 12.5. The van der Waals surface area contributed by atoms with Gasteiger partial charge in [-0.25, -0.2) is 0 Å². The Morgan fingerprint density at radius 3 is 2.52 bits per heavy atom. The van der Waals surface area contributed by atoms with Gasteiger partial charge in [-0.15, -0.1) is 11.3 Å². The number of nitrogens with zero attached hydrogens (tertiary/aromatic N) is 1. The second kappa shape index (κ2) is 7.20. The summed E-state index contributed by atoms with van der Waals surface area (Å²) < 4.78 is 37.4. The maximum Gasteiger partial charge on any atom is 0.401 e. The summed E-state index contributed by atoms with van der Waals surface area (Å²) in [4.78, 5) is 3.11. The maximum absolute atomic E-state index is 12.5. The van der Waals surface area contributed by atoms with Crippen LogP contribution in [0, 0.1) is 0 Å². The van der Waals surface area contributed by atoms with Gasteiger partial charge in [-0.05, 0) is 68.1 Å². The SMILES string of the molecule is FC(F)(F)CN1CCC(NC2CC2c2csc(C3CCCC3)c2)CC1. The molecule has 0 aromatic carbocycles. The predicted molar refractivity (Wildman–Crippen MR) is 95.3 cm³/mol. The molecule has 0 bridgehead atoms. The molecule has 3 aliphatic rings. The van der Waals surface area contributed by atoms with E-state index in [9.17, 15) is 13.2 Å². The van der Waals surface area contributed by atoms with E-state index >= 15 is 0 Å². The zero-order chi connectivity index (χ0) is 17.4. The van der Waals surface area contributed by atoms with Crippen LogP contribution in [-0.2, 0) is 0 Å². The molecule has 1 aromatic heterocycles. The zero-order valence-corrected chi connectivity index (χ0v) is 15.3. The molecule has 2 aliphatic carbocycles. The largest absolute Gasteiger partial charge is 0.401 e. The fraction of sp³-hybridized carbons (Fsp3) is 0.789. The summed E-state index contributed by atoms with van der Waals surface area (Å²) in [5.74, 6) is 1.42. The van der Waals surface area contributed by atoms with Gasteiger partial charge in [0.25, 0.3) is 0 Å². The standard InChI is InChI=1S/C19H27F3N2S/c20-19(21,22)12-24-7-5-15(6-8-24)23-17-10-16(17)14-9-18(25-11-14)13-3-1-2-4-13/h9,11,13,15-17,23H,1-8,10,12H2. The summed E-state index contributed by atoms with van der Waals surface area (Å²) in [5.41, 5.74) is 1.49. The summed E-state index contributed by atoms with van der Waals surface area (Å²) in [7, 11) is 0. The molecule has 4 rings (SSSR count). The van der Waals surface area contributed by atoms with Crippen molar-refractivity contribution < 1.29 is 13.2 Å². The summed E-state index contributed by atoms with van der Waals surface area (Å²) in [6, 6.07) is 3.34. The van der Waals surface area contributed by atoms with Crippen molar-refractivity contribution in [2.75, 3.05) is 19.6 Å². The normalized spacial score (nSPS) is 29.4. The van der Waals surface area contributed by atoms with E-state index in [4.69, 9.17) is 0 Å². The number of hydrogen-bond acceptors (Lipinski definition) is 3. The average molecular weight is 373 g/mol. The van der Waals surface area contributed by atoms with E-state index in [0.717, 1.165) is 18.8 Å². The number of thiophene rings is 1. The van der Waals surface area contributed by atoms with Crippen LogP contribution in [0.2, 0.25) is 0 Å². The first-order valence-electron chi connectivity index (χ1n) is 9.61. The third-order valence-corrected chi connectivity index (χ3v) is 7.17. The van der Waals surface area contributed by atoms with E-state index in [1.807, 2.05) is 11.3 Å². The van der Waals surface area contributed by atoms with Gasteiger partial charge in [-0.2, -0.15) is 13.2 Å². The van der Waals surface area contributed by atoms with E-state index in [1.54, 1.807) is 4.88 Å². The van der Waals surface area contributed by atoms with E-state index in [-0.39, 0.29) is 0 Å².